The minimum absolute atomic E-state index is 0. The third-order valence-corrected chi connectivity index (χ3v) is 5.27. The number of carbonyl (C=O) groups excluding carboxylic acids is 1. The van der Waals surface area contributed by atoms with Gasteiger partial charge in [-0.15, -0.1) is 24.8 Å². The fraction of sp³-hybridized carbons (Fsp3) is 0.929. The Morgan fingerprint density at radius 3 is 2.67 bits per heavy atom. The normalized spacial score (nSPS) is 23.8. The van der Waals surface area contributed by atoms with Crippen LogP contribution in [0.4, 0.5) is 0 Å². The Bertz CT molecular complexity index is 283. The number of nitrogens with one attached hydrogen (secondary N) is 2. The fourth-order valence-electron chi connectivity index (χ4n) is 2.81. The number of nitrogens with zero attached hydrogens (tertiary/aromatic N) is 1. The van der Waals surface area contributed by atoms with Crippen LogP contribution in [-0.2, 0) is 4.79 Å². The molecule has 2 heterocycles. The van der Waals surface area contributed by atoms with Gasteiger partial charge in [0, 0.05) is 37.1 Å². The lowest BCUT2D eigenvalue weighted by molar-refractivity contribution is -0.121. The summed E-state index contributed by atoms with van der Waals surface area (Å²) in [5.74, 6) is 3.27. The van der Waals surface area contributed by atoms with E-state index in [2.05, 4.69) is 22.6 Å². The zero-order valence-electron chi connectivity index (χ0n) is 12.8. The van der Waals surface area contributed by atoms with Crippen LogP contribution >= 0.6 is 36.6 Å². The number of hydrogen-bond acceptors (Lipinski definition) is 4. The maximum absolute atomic E-state index is 11.8. The van der Waals surface area contributed by atoms with Gasteiger partial charge in [0.25, 0.3) is 0 Å². The molecule has 21 heavy (non-hydrogen) atoms. The number of amides is 1. The molecule has 1 unspecified atom stereocenters. The van der Waals surface area contributed by atoms with Crippen molar-refractivity contribution in [2.75, 3.05) is 44.7 Å². The van der Waals surface area contributed by atoms with Gasteiger partial charge in [-0.05, 0) is 45.3 Å². The molecule has 0 aromatic carbocycles. The number of thioether (sulfide) groups is 1. The molecule has 0 bridgehead atoms. The second-order valence-electron chi connectivity index (χ2n) is 5.82. The van der Waals surface area contributed by atoms with E-state index in [1.807, 2.05) is 11.8 Å². The minimum Gasteiger partial charge on any atom is -0.356 e. The Balaban J connectivity index is 0.00000200. The Labute approximate surface area is 145 Å². The van der Waals surface area contributed by atoms with E-state index in [-0.39, 0.29) is 30.7 Å². The van der Waals surface area contributed by atoms with Gasteiger partial charge in [0.2, 0.25) is 5.91 Å². The molecule has 4 nitrogen and oxygen atoms in total. The van der Waals surface area contributed by atoms with Crippen LogP contribution in [0.15, 0.2) is 0 Å². The molecule has 2 aliphatic rings. The van der Waals surface area contributed by atoms with Gasteiger partial charge in [-0.25, -0.2) is 0 Å². The zero-order valence-corrected chi connectivity index (χ0v) is 15.3. The van der Waals surface area contributed by atoms with E-state index in [1.54, 1.807) is 0 Å². The van der Waals surface area contributed by atoms with Crippen LogP contribution in [0.2, 0.25) is 0 Å². The molecule has 2 fully saturated rings. The van der Waals surface area contributed by atoms with Crippen LogP contribution in [-0.4, -0.2) is 61.6 Å². The second kappa shape index (κ2) is 11.8. The van der Waals surface area contributed by atoms with Gasteiger partial charge in [0.05, 0.1) is 0 Å². The van der Waals surface area contributed by atoms with Crippen molar-refractivity contribution in [3.05, 3.63) is 0 Å². The monoisotopic (exact) mass is 357 g/mol. The van der Waals surface area contributed by atoms with Gasteiger partial charge in [-0.3, -0.25) is 4.79 Å². The Kier molecular flexibility index (Phi) is 12.0. The summed E-state index contributed by atoms with van der Waals surface area (Å²) in [5.41, 5.74) is 0. The molecule has 0 aromatic heterocycles. The summed E-state index contributed by atoms with van der Waals surface area (Å²) in [6.07, 6.45) is 4.35. The topological polar surface area (TPSA) is 44.4 Å². The summed E-state index contributed by atoms with van der Waals surface area (Å²) in [5, 5.41) is 6.49. The van der Waals surface area contributed by atoms with E-state index in [4.69, 9.17) is 0 Å². The first-order valence-corrected chi connectivity index (χ1v) is 8.66. The molecule has 2 saturated heterocycles. The van der Waals surface area contributed by atoms with E-state index < -0.39 is 0 Å². The standard InChI is InChI=1S/C14H27N3OS.2ClH/c1-17-7-3-12(4-8-17)2-5-16-14(18)10-13-11-19-9-6-15-13;;/h12-13,15H,2-11H2,1H3,(H,16,18);2*1H. The van der Waals surface area contributed by atoms with Crippen molar-refractivity contribution >= 4 is 42.5 Å². The van der Waals surface area contributed by atoms with Crippen molar-refractivity contribution in [2.24, 2.45) is 5.92 Å². The highest BCUT2D eigenvalue weighted by atomic mass is 35.5. The quantitative estimate of drug-likeness (QED) is 0.786. The van der Waals surface area contributed by atoms with E-state index >= 15 is 0 Å². The molecule has 0 aromatic rings. The molecule has 1 atom stereocenters. The molecule has 7 heteroatoms. The molecule has 0 saturated carbocycles. The number of rotatable bonds is 5. The van der Waals surface area contributed by atoms with Crippen LogP contribution in [0.3, 0.4) is 0 Å². The number of likely N-dealkylation sites (tertiary alicyclic amines) is 1. The Hall–Kier alpha value is 0.320. The van der Waals surface area contributed by atoms with Crippen molar-refractivity contribution in [2.45, 2.75) is 31.7 Å². The molecule has 2 N–H and O–H groups in total. The summed E-state index contributed by atoms with van der Waals surface area (Å²) in [4.78, 5) is 14.2. The lowest BCUT2D eigenvalue weighted by Gasteiger charge is -2.29. The van der Waals surface area contributed by atoms with Crippen LogP contribution in [0, 0.1) is 5.92 Å². The fourth-order valence-corrected chi connectivity index (χ4v) is 3.76. The number of halogens is 2. The number of piperidine rings is 1. The van der Waals surface area contributed by atoms with E-state index in [0.29, 0.717) is 12.5 Å². The maximum Gasteiger partial charge on any atom is 0.221 e. The third-order valence-electron chi connectivity index (χ3n) is 4.14. The molecule has 1 amide bonds. The first kappa shape index (κ1) is 21.3. The summed E-state index contributed by atoms with van der Waals surface area (Å²) < 4.78 is 0. The summed E-state index contributed by atoms with van der Waals surface area (Å²) >= 11 is 1.94. The SMILES string of the molecule is CN1CCC(CCNC(=O)CC2CSCCN2)CC1.Cl.Cl. The molecule has 2 rings (SSSR count). The number of carbonyl (C=O) groups is 1. The predicted molar refractivity (Wildman–Crippen MR) is 96.1 cm³/mol. The van der Waals surface area contributed by atoms with Gasteiger partial charge >= 0.3 is 0 Å². The van der Waals surface area contributed by atoms with E-state index in [1.165, 1.54) is 31.7 Å². The van der Waals surface area contributed by atoms with Gasteiger partial charge in [-0.1, -0.05) is 0 Å². The highest BCUT2D eigenvalue weighted by Gasteiger charge is 2.18. The first-order valence-electron chi connectivity index (χ1n) is 7.50. The molecular weight excluding hydrogens is 329 g/mol. The van der Waals surface area contributed by atoms with Crippen molar-refractivity contribution in [3.63, 3.8) is 0 Å². The molecule has 126 valence electrons. The van der Waals surface area contributed by atoms with Gasteiger partial charge in [0.1, 0.15) is 0 Å². The van der Waals surface area contributed by atoms with Crippen molar-refractivity contribution in [3.8, 4) is 0 Å². The molecule has 0 radical (unpaired) electrons. The van der Waals surface area contributed by atoms with Crippen molar-refractivity contribution in [1.82, 2.24) is 15.5 Å². The van der Waals surface area contributed by atoms with E-state index in [9.17, 15) is 4.79 Å². The lowest BCUT2D eigenvalue weighted by atomic mass is 9.94. The first-order chi connectivity index (χ1) is 9.24. The molecule has 2 aliphatic heterocycles. The van der Waals surface area contributed by atoms with Crippen molar-refractivity contribution < 1.29 is 4.79 Å². The largest absolute Gasteiger partial charge is 0.356 e. The van der Waals surface area contributed by atoms with E-state index in [0.717, 1.165) is 31.2 Å². The van der Waals surface area contributed by atoms with Gasteiger partial charge in [0.15, 0.2) is 0 Å². The number of hydrogen-bond donors (Lipinski definition) is 2. The zero-order chi connectivity index (χ0) is 13.5. The Morgan fingerprint density at radius 1 is 1.33 bits per heavy atom. The summed E-state index contributed by atoms with van der Waals surface area (Å²) in [6, 6.07) is 0.377. The average Bonchev–Trinajstić information content (AvgIpc) is 2.42. The van der Waals surface area contributed by atoms with Crippen molar-refractivity contribution in [1.29, 1.82) is 0 Å². The van der Waals surface area contributed by atoms with Crippen LogP contribution in [0.5, 0.6) is 0 Å². The molecule has 0 spiro atoms. The second-order valence-corrected chi connectivity index (χ2v) is 6.97. The third kappa shape index (κ3) is 8.50. The summed E-state index contributed by atoms with van der Waals surface area (Å²) in [6.45, 7) is 4.31. The predicted octanol–water partition coefficient (Wildman–Crippen LogP) is 1.77. The molecule has 0 aliphatic carbocycles. The van der Waals surface area contributed by atoms with Gasteiger partial charge < -0.3 is 15.5 Å². The van der Waals surface area contributed by atoms with Gasteiger partial charge in [-0.2, -0.15) is 11.8 Å². The highest BCUT2D eigenvalue weighted by molar-refractivity contribution is 7.99. The average molecular weight is 358 g/mol. The smallest absolute Gasteiger partial charge is 0.221 e. The lowest BCUT2D eigenvalue weighted by Crippen LogP contribution is -2.41. The summed E-state index contributed by atoms with van der Waals surface area (Å²) in [7, 11) is 2.19. The van der Waals surface area contributed by atoms with Crippen LogP contribution < -0.4 is 10.6 Å². The maximum atomic E-state index is 11.8. The minimum atomic E-state index is 0. The Morgan fingerprint density at radius 2 is 2.05 bits per heavy atom. The van der Waals surface area contributed by atoms with Crippen LogP contribution in [0.1, 0.15) is 25.7 Å². The molecular formula is C14H29Cl2N3OS. The van der Waals surface area contributed by atoms with Crippen LogP contribution in [0.25, 0.3) is 0 Å². The highest BCUT2D eigenvalue weighted by Crippen LogP contribution is 2.18.